The van der Waals surface area contributed by atoms with Crippen LogP contribution in [0.3, 0.4) is 0 Å². The number of nitro benzene ring substituents is 1. The van der Waals surface area contributed by atoms with Crippen molar-refractivity contribution >= 4 is 31.6 Å². The largest absolute Gasteiger partial charge is 0.294 e. The average molecular weight is 494 g/mol. The second kappa shape index (κ2) is 7.71. The van der Waals surface area contributed by atoms with E-state index in [0.717, 1.165) is 10.9 Å². The van der Waals surface area contributed by atoms with Gasteiger partial charge in [0.25, 0.3) is 5.69 Å². The molecule has 1 fully saturated rings. The van der Waals surface area contributed by atoms with Crippen LogP contribution in [0.4, 0.5) is 5.69 Å². The fraction of sp³-hybridized carbons (Fsp3) is 0.429. The number of halogens is 1. The van der Waals surface area contributed by atoms with Crippen molar-refractivity contribution in [1.29, 1.82) is 0 Å². The first kappa shape index (κ1) is 21.4. The van der Waals surface area contributed by atoms with Gasteiger partial charge in [-0.3, -0.25) is 15.0 Å². The highest BCUT2D eigenvalue weighted by molar-refractivity contribution is 9.10. The Bertz CT molecular complexity index is 1100. The molecule has 0 bridgehead atoms. The molecule has 0 aromatic heterocycles. The summed E-state index contributed by atoms with van der Waals surface area (Å²) in [5, 5.41) is 11.3. The summed E-state index contributed by atoms with van der Waals surface area (Å²) < 4.78 is 28.6. The van der Waals surface area contributed by atoms with Gasteiger partial charge in [-0.05, 0) is 41.2 Å². The summed E-state index contributed by atoms with van der Waals surface area (Å²) in [7, 11) is -3.91. The first-order chi connectivity index (χ1) is 14.1. The summed E-state index contributed by atoms with van der Waals surface area (Å²) >= 11 is 3.57. The zero-order valence-corrected chi connectivity index (χ0v) is 19.3. The van der Waals surface area contributed by atoms with Crippen molar-refractivity contribution in [3.05, 3.63) is 68.2 Å². The van der Waals surface area contributed by atoms with Gasteiger partial charge in [0.05, 0.1) is 4.92 Å². The van der Waals surface area contributed by atoms with E-state index in [0.29, 0.717) is 26.2 Å². The van der Waals surface area contributed by atoms with Crippen molar-refractivity contribution in [3.63, 3.8) is 0 Å². The zero-order chi connectivity index (χ0) is 21.7. The summed E-state index contributed by atoms with van der Waals surface area (Å²) in [6.45, 7) is 6.31. The summed E-state index contributed by atoms with van der Waals surface area (Å²) in [5.74, 6) is 0. The predicted molar refractivity (Wildman–Crippen MR) is 118 cm³/mol. The lowest BCUT2D eigenvalue weighted by molar-refractivity contribution is -0.387. The van der Waals surface area contributed by atoms with Gasteiger partial charge in [0.15, 0.2) is 4.90 Å². The Kier molecular flexibility index (Phi) is 5.50. The average Bonchev–Trinajstić information content (AvgIpc) is 2.98. The number of fused-ring (bicyclic) bond motifs is 1. The minimum absolute atomic E-state index is 0.0532. The molecule has 0 saturated carbocycles. The van der Waals surface area contributed by atoms with E-state index in [9.17, 15) is 18.5 Å². The van der Waals surface area contributed by atoms with E-state index < -0.39 is 14.9 Å². The molecule has 2 aliphatic rings. The molecular weight excluding hydrogens is 470 g/mol. The second-order valence-electron chi connectivity index (χ2n) is 8.50. The molecule has 0 amide bonds. The molecule has 160 valence electrons. The monoisotopic (exact) mass is 493 g/mol. The maximum atomic E-state index is 13.1. The maximum Gasteiger partial charge on any atom is 0.289 e. The fourth-order valence-electron chi connectivity index (χ4n) is 4.66. The van der Waals surface area contributed by atoms with E-state index in [2.05, 4.69) is 52.9 Å². The Morgan fingerprint density at radius 1 is 1.10 bits per heavy atom. The van der Waals surface area contributed by atoms with E-state index in [4.69, 9.17) is 0 Å². The SMILES string of the molecule is CC1(C)C[C@H](N2CCN(S(=O)(=O)c3ccccc3[N+](=O)[O-])CC2)c2ccc(Br)cc21. The van der Waals surface area contributed by atoms with Gasteiger partial charge in [0, 0.05) is 42.8 Å². The lowest BCUT2D eigenvalue weighted by Gasteiger charge is -2.38. The zero-order valence-electron chi connectivity index (χ0n) is 16.9. The van der Waals surface area contributed by atoms with Crippen molar-refractivity contribution in [1.82, 2.24) is 9.21 Å². The van der Waals surface area contributed by atoms with Crippen LogP contribution in [-0.2, 0) is 15.4 Å². The highest BCUT2D eigenvalue weighted by Gasteiger charge is 2.41. The minimum Gasteiger partial charge on any atom is -0.294 e. The van der Waals surface area contributed by atoms with Crippen molar-refractivity contribution in [2.75, 3.05) is 26.2 Å². The van der Waals surface area contributed by atoms with Gasteiger partial charge >= 0.3 is 0 Å². The number of piperazine rings is 1. The summed E-state index contributed by atoms with van der Waals surface area (Å²) in [4.78, 5) is 12.8. The number of sulfonamides is 1. The Morgan fingerprint density at radius 2 is 1.77 bits per heavy atom. The molecular formula is C21H24BrN3O4S. The molecule has 9 heteroatoms. The van der Waals surface area contributed by atoms with Crippen LogP contribution in [-0.4, -0.2) is 48.7 Å². The molecule has 2 aromatic rings. The molecule has 2 aromatic carbocycles. The van der Waals surface area contributed by atoms with Crippen LogP contribution in [0, 0.1) is 10.1 Å². The third kappa shape index (κ3) is 3.68. The van der Waals surface area contributed by atoms with Gasteiger partial charge in [-0.2, -0.15) is 4.31 Å². The molecule has 1 aliphatic heterocycles. The third-order valence-corrected chi connectivity index (χ3v) is 8.64. The number of hydrogen-bond acceptors (Lipinski definition) is 5. The lowest BCUT2D eigenvalue weighted by atomic mass is 9.86. The summed E-state index contributed by atoms with van der Waals surface area (Å²) in [5.41, 5.74) is 2.31. The maximum absolute atomic E-state index is 13.1. The van der Waals surface area contributed by atoms with E-state index in [-0.39, 0.29) is 22.0 Å². The minimum atomic E-state index is -3.91. The van der Waals surface area contributed by atoms with E-state index in [1.165, 1.54) is 39.7 Å². The lowest BCUT2D eigenvalue weighted by Crippen LogP contribution is -2.49. The number of nitrogens with zero attached hydrogens (tertiary/aromatic N) is 3. The topological polar surface area (TPSA) is 83.8 Å². The summed E-state index contributed by atoms with van der Waals surface area (Å²) in [6.07, 6.45) is 0.982. The first-order valence-corrected chi connectivity index (χ1v) is 12.1. The number of rotatable bonds is 4. The molecule has 30 heavy (non-hydrogen) atoms. The molecule has 1 heterocycles. The normalized spacial score (nSPS) is 22.0. The Labute approximate surface area is 185 Å². The number of nitro groups is 1. The predicted octanol–water partition coefficient (Wildman–Crippen LogP) is 4.09. The van der Waals surface area contributed by atoms with Gasteiger partial charge in [-0.1, -0.05) is 48.0 Å². The molecule has 7 nitrogen and oxygen atoms in total. The molecule has 0 radical (unpaired) electrons. The van der Waals surface area contributed by atoms with Crippen molar-refractivity contribution < 1.29 is 13.3 Å². The Morgan fingerprint density at radius 3 is 2.43 bits per heavy atom. The van der Waals surface area contributed by atoms with Crippen LogP contribution in [0.1, 0.15) is 37.4 Å². The van der Waals surface area contributed by atoms with Crippen LogP contribution in [0.2, 0.25) is 0 Å². The molecule has 4 rings (SSSR count). The molecule has 1 atom stereocenters. The van der Waals surface area contributed by atoms with Crippen LogP contribution < -0.4 is 0 Å². The van der Waals surface area contributed by atoms with Crippen molar-refractivity contribution in [3.8, 4) is 0 Å². The standard InChI is InChI=1S/C21H24BrN3O4S/c1-21(2)14-19(16-8-7-15(22)13-17(16)21)23-9-11-24(12-10-23)30(28,29)20-6-4-3-5-18(20)25(26)27/h3-8,13,19H,9-12,14H2,1-2H3/t19-/m0/s1. The van der Waals surface area contributed by atoms with Gasteiger partial charge in [-0.25, -0.2) is 8.42 Å². The Balaban J connectivity index is 1.54. The first-order valence-electron chi connectivity index (χ1n) is 9.89. The van der Waals surface area contributed by atoms with E-state index >= 15 is 0 Å². The highest BCUT2D eigenvalue weighted by Crippen LogP contribution is 2.48. The van der Waals surface area contributed by atoms with Crippen LogP contribution >= 0.6 is 15.9 Å². The van der Waals surface area contributed by atoms with E-state index in [1.54, 1.807) is 0 Å². The molecule has 1 saturated heterocycles. The van der Waals surface area contributed by atoms with Gasteiger partial charge in [0.1, 0.15) is 0 Å². The van der Waals surface area contributed by atoms with Crippen LogP contribution in [0.5, 0.6) is 0 Å². The Hall–Kier alpha value is -1.81. The smallest absolute Gasteiger partial charge is 0.289 e. The molecule has 0 N–H and O–H groups in total. The van der Waals surface area contributed by atoms with Crippen LogP contribution in [0.25, 0.3) is 0 Å². The van der Waals surface area contributed by atoms with Crippen LogP contribution in [0.15, 0.2) is 51.8 Å². The third-order valence-electron chi connectivity index (χ3n) is 6.20. The van der Waals surface area contributed by atoms with E-state index in [1.807, 2.05) is 0 Å². The van der Waals surface area contributed by atoms with Gasteiger partial charge < -0.3 is 0 Å². The molecule has 0 spiro atoms. The summed E-state index contributed by atoms with van der Waals surface area (Å²) in [6, 6.07) is 12.2. The second-order valence-corrected chi connectivity index (χ2v) is 11.3. The number of benzene rings is 2. The fourth-order valence-corrected chi connectivity index (χ4v) is 6.60. The molecule has 0 unspecified atom stereocenters. The quantitative estimate of drug-likeness (QED) is 0.473. The van der Waals surface area contributed by atoms with Gasteiger partial charge in [0.2, 0.25) is 10.0 Å². The molecule has 1 aliphatic carbocycles. The number of hydrogen-bond donors (Lipinski definition) is 0. The van der Waals surface area contributed by atoms with Crippen molar-refractivity contribution in [2.45, 2.75) is 36.6 Å². The van der Waals surface area contributed by atoms with Gasteiger partial charge in [-0.15, -0.1) is 0 Å². The number of para-hydroxylation sites is 1. The van der Waals surface area contributed by atoms with Crippen molar-refractivity contribution in [2.24, 2.45) is 0 Å². The highest BCUT2D eigenvalue weighted by atomic mass is 79.9.